The van der Waals surface area contributed by atoms with Crippen molar-refractivity contribution >= 4 is 27.5 Å². The summed E-state index contributed by atoms with van der Waals surface area (Å²) in [5, 5.41) is 15.7. The number of nitro groups is 1. The fourth-order valence-electron chi connectivity index (χ4n) is 1.32. The summed E-state index contributed by atoms with van der Waals surface area (Å²) in [5.74, 6) is 0.442. The maximum absolute atomic E-state index is 10.8. The van der Waals surface area contributed by atoms with E-state index in [0.29, 0.717) is 17.3 Å². The molecule has 1 aromatic rings. The second kappa shape index (κ2) is 7.46. The maximum Gasteiger partial charge on any atom is 0.274 e. The van der Waals surface area contributed by atoms with Crippen molar-refractivity contribution in [2.24, 2.45) is 5.14 Å². The number of nitrogens with two attached hydrogens (primary N) is 1. The Morgan fingerprint density at radius 1 is 1.40 bits per heavy atom. The average molecular weight is 320 g/mol. The number of hydrogen-bond acceptors (Lipinski definition) is 6. The lowest BCUT2D eigenvalue weighted by Gasteiger charge is -2.07. The minimum absolute atomic E-state index is 0.0864. The summed E-state index contributed by atoms with van der Waals surface area (Å²) >= 11 is 1.18. The average Bonchev–Trinajstić information content (AvgIpc) is 2.34. The van der Waals surface area contributed by atoms with Gasteiger partial charge in [-0.05, 0) is 12.5 Å². The Balaban J connectivity index is 2.82. The van der Waals surface area contributed by atoms with Gasteiger partial charge in [0.1, 0.15) is 5.75 Å². The van der Waals surface area contributed by atoms with Gasteiger partial charge in [0.15, 0.2) is 0 Å². The number of benzene rings is 1. The molecule has 0 aliphatic carbocycles. The Morgan fingerprint density at radius 3 is 2.65 bits per heavy atom. The first-order chi connectivity index (χ1) is 9.31. The molecule has 0 heterocycles. The molecule has 0 aromatic heterocycles. The molecular formula is C11H16N2O5S2. The quantitative estimate of drug-likeness (QED) is 0.443. The van der Waals surface area contributed by atoms with Gasteiger partial charge in [0, 0.05) is 16.7 Å². The van der Waals surface area contributed by atoms with Crippen LogP contribution in [0.5, 0.6) is 5.75 Å². The van der Waals surface area contributed by atoms with Crippen LogP contribution in [0.1, 0.15) is 13.3 Å². The molecule has 1 rings (SSSR count). The van der Waals surface area contributed by atoms with Gasteiger partial charge in [-0.3, -0.25) is 10.1 Å². The summed E-state index contributed by atoms with van der Waals surface area (Å²) in [7, 11) is -3.53. The summed E-state index contributed by atoms with van der Waals surface area (Å²) in [6.45, 7) is 2.39. The molecular weight excluding hydrogens is 304 g/mol. The number of nitro benzene ring substituents is 1. The minimum atomic E-state index is -3.53. The SMILES string of the molecule is CCCOc1cc(SCCS(N)(=O)=O)cc([N+](=O)[O-])c1. The normalized spacial score (nSPS) is 11.3. The van der Waals surface area contributed by atoms with Crippen LogP contribution in [0.25, 0.3) is 0 Å². The van der Waals surface area contributed by atoms with E-state index in [1.807, 2.05) is 6.92 Å². The van der Waals surface area contributed by atoms with Gasteiger partial charge in [0.25, 0.3) is 5.69 Å². The van der Waals surface area contributed by atoms with Crippen molar-refractivity contribution in [2.45, 2.75) is 18.2 Å². The number of hydrogen-bond donors (Lipinski definition) is 1. The van der Waals surface area contributed by atoms with Crippen molar-refractivity contribution in [3.63, 3.8) is 0 Å². The Kier molecular flexibility index (Phi) is 6.24. The third kappa shape index (κ3) is 6.22. The Bertz CT molecular complexity index is 574. The second-order valence-electron chi connectivity index (χ2n) is 3.98. The first kappa shape index (κ1) is 16.7. The highest BCUT2D eigenvalue weighted by Gasteiger charge is 2.12. The van der Waals surface area contributed by atoms with Gasteiger partial charge in [0.05, 0.1) is 23.3 Å². The molecule has 0 fully saturated rings. The predicted molar refractivity (Wildman–Crippen MR) is 77.6 cm³/mol. The van der Waals surface area contributed by atoms with Crippen LogP contribution >= 0.6 is 11.8 Å². The van der Waals surface area contributed by atoms with Gasteiger partial charge in [-0.2, -0.15) is 0 Å². The molecule has 0 aliphatic heterocycles. The fraction of sp³-hybridized carbons (Fsp3) is 0.455. The molecule has 0 spiro atoms. The van der Waals surface area contributed by atoms with Crippen LogP contribution < -0.4 is 9.88 Å². The van der Waals surface area contributed by atoms with Gasteiger partial charge < -0.3 is 4.74 Å². The molecule has 0 bridgehead atoms. The molecule has 0 unspecified atom stereocenters. The van der Waals surface area contributed by atoms with Gasteiger partial charge in [-0.1, -0.05) is 6.92 Å². The zero-order chi connectivity index (χ0) is 15.2. The topological polar surface area (TPSA) is 113 Å². The molecule has 0 saturated heterocycles. The second-order valence-corrected chi connectivity index (χ2v) is 6.89. The third-order valence-electron chi connectivity index (χ3n) is 2.19. The van der Waals surface area contributed by atoms with Crippen LogP contribution in [0.15, 0.2) is 23.1 Å². The van der Waals surface area contributed by atoms with Crippen LogP contribution in [0.4, 0.5) is 5.69 Å². The molecule has 112 valence electrons. The lowest BCUT2D eigenvalue weighted by Crippen LogP contribution is -2.17. The zero-order valence-electron chi connectivity index (χ0n) is 10.9. The standard InChI is InChI=1S/C11H16N2O5S2/c1-2-3-18-10-6-9(13(14)15)7-11(8-10)19-4-5-20(12,16)17/h6-8H,2-5H2,1H3,(H2,12,16,17). The van der Waals surface area contributed by atoms with Crippen molar-refractivity contribution in [1.29, 1.82) is 0 Å². The van der Waals surface area contributed by atoms with Crippen molar-refractivity contribution in [2.75, 3.05) is 18.1 Å². The van der Waals surface area contributed by atoms with E-state index in [1.54, 1.807) is 6.07 Å². The van der Waals surface area contributed by atoms with Crippen LogP contribution in [0.3, 0.4) is 0 Å². The van der Waals surface area contributed by atoms with Gasteiger partial charge in [-0.25, -0.2) is 13.6 Å². The van der Waals surface area contributed by atoms with Crippen LogP contribution in [-0.2, 0) is 10.0 Å². The highest BCUT2D eigenvalue weighted by molar-refractivity contribution is 8.00. The number of thioether (sulfide) groups is 1. The van der Waals surface area contributed by atoms with Gasteiger partial charge in [-0.15, -0.1) is 11.8 Å². The van der Waals surface area contributed by atoms with E-state index < -0.39 is 14.9 Å². The van der Waals surface area contributed by atoms with E-state index in [0.717, 1.165) is 6.42 Å². The molecule has 9 heteroatoms. The molecule has 0 saturated carbocycles. The lowest BCUT2D eigenvalue weighted by atomic mass is 10.3. The van der Waals surface area contributed by atoms with Crippen LogP contribution in [0, 0.1) is 10.1 Å². The predicted octanol–water partition coefficient (Wildman–Crippen LogP) is 1.76. The van der Waals surface area contributed by atoms with E-state index >= 15 is 0 Å². The molecule has 1 aromatic carbocycles. The molecule has 0 atom stereocenters. The van der Waals surface area contributed by atoms with Crippen LogP contribution in [0.2, 0.25) is 0 Å². The summed E-state index contributed by atoms with van der Waals surface area (Å²) in [6.07, 6.45) is 0.788. The van der Waals surface area contributed by atoms with Crippen molar-refractivity contribution in [3.05, 3.63) is 28.3 Å². The lowest BCUT2D eigenvalue weighted by molar-refractivity contribution is -0.385. The van der Waals surface area contributed by atoms with E-state index in [4.69, 9.17) is 9.88 Å². The Labute approximate surface area is 121 Å². The summed E-state index contributed by atoms with van der Waals surface area (Å²) in [6, 6.07) is 4.38. The number of nitrogens with zero attached hydrogens (tertiary/aromatic N) is 1. The number of ether oxygens (including phenoxy) is 1. The smallest absolute Gasteiger partial charge is 0.274 e. The Morgan fingerprint density at radius 2 is 2.10 bits per heavy atom. The third-order valence-corrected chi connectivity index (χ3v) is 4.19. The van der Waals surface area contributed by atoms with E-state index in [1.165, 1.54) is 23.9 Å². The number of rotatable bonds is 8. The van der Waals surface area contributed by atoms with Crippen molar-refractivity contribution in [1.82, 2.24) is 0 Å². The van der Waals surface area contributed by atoms with Gasteiger partial charge in [0.2, 0.25) is 10.0 Å². The molecule has 0 amide bonds. The van der Waals surface area contributed by atoms with E-state index in [-0.39, 0.29) is 17.2 Å². The molecule has 20 heavy (non-hydrogen) atoms. The van der Waals surface area contributed by atoms with Gasteiger partial charge >= 0.3 is 0 Å². The molecule has 0 radical (unpaired) electrons. The summed E-state index contributed by atoms with van der Waals surface area (Å²) in [5.41, 5.74) is -0.0864. The monoisotopic (exact) mass is 320 g/mol. The molecule has 7 nitrogen and oxygen atoms in total. The molecule has 0 aliphatic rings. The minimum Gasteiger partial charge on any atom is -0.493 e. The highest BCUT2D eigenvalue weighted by atomic mass is 32.2. The first-order valence-corrected chi connectivity index (χ1v) is 8.57. The summed E-state index contributed by atoms with van der Waals surface area (Å²) in [4.78, 5) is 10.9. The largest absolute Gasteiger partial charge is 0.493 e. The number of primary sulfonamides is 1. The van der Waals surface area contributed by atoms with E-state index in [9.17, 15) is 18.5 Å². The Hall–Kier alpha value is -1.32. The van der Waals surface area contributed by atoms with Crippen molar-refractivity contribution in [3.8, 4) is 5.75 Å². The molecule has 2 N–H and O–H groups in total. The van der Waals surface area contributed by atoms with Crippen molar-refractivity contribution < 1.29 is 18.1 Å². The van der Waals surface area contributed by atoms with Crippen LogP contribution in [-0.4, -0.2) is 31.5 Å². The zero-order valence-corrected chi connectivity index (χ0v) is 12.6. The highest BCUT2D eigenvalue weighted by Crippen LogP contribution is 2.29. The van der Waals surface area contributed by atoms with E-state index in [2.05, 4.69) is 0 Å². The number of sulfonamides is 1. The number of non-ortho nitro benzene ring substituents is 1. The maximum atomic E-state index is 10.8. The fourth-order valence-corrected chi connectivity index (χ4v) is 3.23. The first-order valence-electron chi connectivity index (χ1n) is 5.87. The summed E-state index contributed by atoms with van der Waals surface area (Å²) < 4.78 is 27.0.